The van der Waals surface area contributed by atoms with E-state index in [1.165, 1.54) is 11.3 Å². The maximum Gasteiger partial charge on any atom is 0.191 e. The molecule has 0 aromatic carbocycles. The third-order valence-corrected chi connectivity index (χ3v) is 3.44. The normalized spacial score (nSPS) is 19.3. The van der Waals surface area contributed by atoms with Crippen LogP contribution in [0.25, 0.3) is 11.5 Å². The van der Waals surface area contributed by atoms with E-state index in [4.69, 9.17) is 10.2 Å². The number of rotatable bonds is 2. The summed E-state index contributed by atoms with van der Waals surface area (Å²) in [6, 6.07) is 0. The Balaban J connectivity index is 1.96. The fourth-order valence-corrected chi connectivity index (χ4v) is 2.45. The number of nitrogens with zero attached hydrogens (tertiary/aromatic N) is 2. The number of hydrogen-bond acceptors (Lipinski definition) is 4. The molecule has 0 aliphatic heterocycles. The number of hydrogen-bond donors (Lipinski definition) is 2. The molecular formula is C12H16N4O. The average Bonchev–Trinajstić information content (AvgIpc) is 2.93. The summed E-state index contributed by atoms with van der Waals surface area (Å²) >= 11 is 0. The Morgan fingerprint density at radius 1 is 1.59 bits per heavy atom. The zero-order valence-electron chi connectivity index (χ0n) is 9.86. The van der Waals surface area contributed by atoms with Crippen LogP contribution in [-0.2, 0) is 12.8 Å². The molecule has 90 valence electrons. The Labute approximate surface area is 99.4 Å². The van der Waals surface area contributed by atoms with E-state index in [1.54, 1.807) is 6.20 Å². The highest BCUT2D eigenvalue weighted by Crippen LogP contribution is 2.31. The number of aryl methyl sites for hydroxylation is 1. The van der Waals surface area contributed by atoms with Crippen LogP contribution in [0.2, 0.25) is 0 Å². The number of H-pyrrole nitrogens is 1. The highest BCUT2D eigenvalue weighted by molar-refractivity contribution is 5.58. The molecule has 17 heavy (non-hydrogen) atoms. The minimum Gasteiger partial charge on any atom is -0.439 e. The molecule has 0 saturated heterocycles. The summed E-state index contributed by atoms with van der Waals surface area (Å²) in [5, 5.41) is 7.46. The van der Waals surface area contributed by atoms with Crippen molar-refractivity contribution in [1.82, 2.24) is 15.2 Å². The van der Waals surface area contributed by atoms with Gasteiger partial charge in [-0.2, -0.15) is 5.10 Å². The van der Waals surface area contributed by atoms with Gasteiger partial charge in [0.25, 0.3) is 0 Å². The van der Waals surface area contributed by atoms with Crippen LogP contribution in [0.1, 0.15) is 23.6 Å². The van der Waals surface area contributed by atoms with Gasteiger partial charge in [-0.1, -0.05) is 0 Å². The lowest BCUT2D eigenvalue weighted by Gasteiger charge is -2.19. The van der Waals surface area contributed by atoms with Crippen molar-refractivity contribution in [1.29, 1.82) is 0 Å². The molecule has 5 heteroatoms. The van der Waals surface area contributed by atoms with E-state index < -0.39 is 0 Å². The maximum atomic E-state index is 5.72. The fraction of sp³-hybridized carbons (Fsp3) is 0.500. The Morgan fingerprint density at radius 3 is 3.18 bits per heavy atom. The lowest BCUT2D eigenvalue weighted by molar-refractivity contribution is 0.463. The fourth-order valence-electron chi connectivity index (χ4n) is 2.45. The molecule has 1 unspecified atom stereocenters. The second kappa shape index (κ2) is 4.00. The van der Waals surface area contributed by atoms with Gasteiger partial charge in [0.05, 0.1) is 6.20 Å². The van der Waals surface area contributed by atoms with E-state index >= 15 is 0 Å². The minimum absolute atomic E-state index is 0.576. The summed E-state index contributed by atoms with van der Waals surface area (Å²) in [7, 11) is 0. The van der Waals surface area contributed by atoms with Gasteiger partial charge < -0.3 is 10.2 Å². The van der Waals surface area contributed by atoms with Crippen LogP contribution >= 0.6 is 0 Å². The number of aromatic nitrogens is 3. The van der Waals surface area contributed by atoms with Crippen molar-refractivity contribution in [2.45, 2.75) is 26.2 Å². The summed E-state index contributed by atoms with van der Waals surface area (Å²) in [6.07, 6.45) is 4.87. The molecule has 0 radical (unpaired) electrons. The molecule has 0 spiro atoms. The van der Waals surface area contributed by atoms with Crippen LogP contribution in [0.4, 0.5) is 0 Å². The van der Waals surface area contributed by atoms with Gasteiger partial charge in [-0.15, -0.1) is 0 Å². The van der Waals surface area contributed by atoms with Crippen molar-refractivity contribution in [2.75, 3.05) is 6.54 Å². The van der Waals surface area contributed by atoms with Crippen LogP contribution in [0, 0.1) is 12.8 Å². The highest BCUT2D eigenvalue weighted by atomic mass is 16.4. The van der Waals surface area contributed by atoms with Crippen LogP contribution < -0.4 is 5.73 Å². The van der Waals surface area contributed by atoms with E-state index in [0.717, 1.165) is 37.3 Å². The molecule has 0 saturated carbocycles. The topological polar surface area (TPSA) is 80.7 Å². The third-order valence-electron chi connectivity index (χ3n) is 3.44. The number of nitrogens with one attached hydrogen (secondary N) is 1. The zero-order chi connectivity index (χ0) is 11.8. The second-order valence-corrected chi connectivity index (χ2v) is 4.62. The van der Waals surface area contributed by atoms with Crippen molar-refractivity contribution >= 4 is 0 Å². The number of nitrogens with two attached hydrogens (primary N) is 1. The van der Waals surface area contributed by atoms with Gasteiger partial charge in [-0.3, -0.25) is 5.10 Å². The van der Waals surface area contributed by atoms with Gasteiger partial charge in [-0.25, -0.2) is 4.98 Å². The van der Waals surface area contributed by atoms with E-state index in [2.05, 4.69) is 15.2 Å². The van der Waals surface area contributed by atoms with E-state index in [1.807, 2.05) is 6.92 Å². The first kappa shape index (κ1) is 10.5. The first-order chi connectivity index (χ1) is 8.28. The summed E-state index contributed by atoms with van der Waals surface area (Å²) < 4.78 is 5.53. The Morgan fingerprint density at radius 2 is 2.47 bits per heavy atom. The molecule has 2 aromatic heterocycles. The molecular weight excluding hydrogens is 216 g/mol. The molecule has 0 amide bonds. The van der Waals surface area contributed by atoms with E-state index in [-0.39, 0.29) is 0 Å². The lowest BCUT2D eigenvalue weighted by Crippen LogP contribution is -2.21. The number of oxazole rings is 1. The Kier molecular flexibility index (Phi) is 2.48. The van der Waals surface area contributed by atoms with E-state index in [9.17, 15) is 0 Å². The maximum absolute atomic E-state index is 5.72. The van der Waals surface area contributed by atoms with Crippen molar-refractivity contribution in [2.24, 2.45) is 11.7 Å². The summed E-state index contributed by atoms with van der Waals surface area (Å²) in [6.45, 7) is 2.59. The summed E-state index contributed by atoms with van der Waals surface area (Å²) in [4.78, 5) is 4.11. The quantitative estimate of drug-likeness (QED) is 0.820. The van der Waals surface area contributed by atoms with Crippen molar-refractivity contribution in [3.05, 3.63) is 23.3 Å². The Bertz CT molecular complexity index is 528. The van der Waals surface area contributed by atoms with Gasteiger partial charge >= 0.3 is 0 Å². The SMILES string of the molecule is Cc1ncc(-c2n[nH]c3c2CCC(CN)C3)o1. The van der Waals surface area contributed by atoms with Gasteiger partial charge in [0.2, 0.25) is 0 Å². The molecule has 3 rings (SSSR count). The second-order valence-electron chi connectivity index (χ2n) is 4.62. The van der Waals surface area contributed by atoms with Gasteiger partial charge in [-0.05, 0) is 31.7 Å². The third kappa shape index (κ3) is 1.76. The van der Waals surface area contributed by atoms with Crippen LogP contribution in [0.15, 0.2) is 10.6 Å². The highest BCUT2D eigenvalue weighted by Gasteiger charge is 2.24. The number of aromatic amines is 1. The smallest absolute Gasteiger partial charge is 0.191 e. The largest absolute Gasteiger partial charge is 0.439 e. The lowest BCUT2D eigenvalue weighted by atomic mass is 9.87. The first-order valence-corrected chi connectivity index (χ1v) is 5.97. The minimum atomic E-state index is 0.576. The predicted molar refractivity (Wildman–Crippen MR) is 63.4 cm³/mol. The van der Waals surface area contributed by atoms with Gasteiger partial charge in [0, 0.05) is 18.2 Å². The molecule has 3 N–H and O–H groups in total. The van der Waals surface area contributed by atoms with Crippen LogP contribution in [0.5, 0.6) is 0 Å². The summed E-state index contributed by atoms with van der Waals surface area (Å²) in [5.41, 5.74) is 9.11. The van der Waals surface area contributed by atoms with E-state index in [0.29, 0.717) is 11.8 Å². The zero-order valence-corrected chi connectivity index (χ0v) is 9.86. The van der Waals surface area contributed by atoms with Crippen molar-refractivity contribution in [3.63, 3.8) is 0 Å². The van der Waals surface area contributed by atoms with Crippen LogP contribution in [0.3, 0.4) is 0 Å². The molecule has 2 heterocycles. The summed E-state index contributed by atoms with van der Waals surface area (Å²) in [5.74, 6) is 2.01. The molecule has 1 aliphatic carbocycles. The van der Waals surface area contributed by atoms with Gasteiger partial charge in [0.1, 0.15) is 5.69 Å². The van der Waals surface area contributed by atoms with Crippen molar-refractivity contribution in [3.8, 4) is 11.5 Å². The monoisotopic (exact) mass is 232 g/mol. The molecule has 5 nitrogen and oxygen atoms in total. The average molecular weight is 232 g/mol. The molecule has 1 aliphatic rings. The molecule has 2 aromatic rings. The van der Waals surface area contributed by atoms with Crippen molar-refractivity contribution < 1.29 is 4.42 Å². The number of fused-ring (bicyclic) bond motifs is 1. The van der Waals surface area contributed by atoms with Gasteiger partial charge in [0.15, 0.2) is 11.7 Å². The molecule has 0 bridgehead atoms. The predicted octanol–water partition coefficient (Wildman–Crippen LogP) is 1.44. The standard InChI is InChI=1S/C12H16N4O/c1-7-14-6-11(17-7)12-9-3-2-8(5-13)4-10(9)15-16-12/h6,8H,2-5,13H2,1H3,(H,15,16). The molecule has 0 fully saturated rings. The Hall–Kier alpha value is -1.62. The first-order valence-electron chi connectivity index (χ1n) is 5.97. The van der Waals surface area contributed by atoms with Crippen LogP contribution in [-0.4, -0.2) is 21.7 Å². The molecule has 1 atom stereocenters.